The van der Waals surface area contributed by atoms with E-state index in [4.69, 9.17) is 4.74 Å². The molecule has 0 aromatic heterocycles. The summed E-state index contributed by atoms with van der Waals surface area (Å²) in [4.78, 5) is 14.2. The van der Waals surface area contributed by atoms with Crippen molar-refractivity contribution in [2.75, 3.05) is 18.1 Å². The summed E-state index contributed by atoms with van der Waals surface area (Å²) in [5, 5.41) is 0. The Bertz CT molecular complexity index is 698. The van der Waals surface area contributed by atoms with Gasteiger partial charge in [0, 0.05) is 12.2 Å². The van der Waals surface area contributed by atoms with Crippen molar-refractivity contribution < 1.29 is 9.53 Å². The molecular weight excluding hydrogens is 286 g/mol. The third-order valence-electron chi connectivity index (χ3n) is 4.27. The van der Waals surface area contributed by atoms with Gasteiger partial charge in [-0.15, -0.1) is 0 Å². The Balaban J connectivity index is 1.62. The minimum Gasteiger partial charge on any atom is -0.484 e. The lowest BCUT2D eigenvalue weighted by Gasteiger charge is -2.20. The number of carbonyl (C=O) groups is 1. The highest BCUT2D eigenvalue weighted by atomic mass is 16.5. The van der Waals surface area contributed by atoms with Crippen molar-refractivity contribution >= 4 is 11.6 Å². The number of anilines is 1. The quantitative estimate of drug-likeness (QED) is 0.859. The van der Waals surface area contributed by atoms with Crippen LogP contribution in [-0.4, -0.2) is 19.1 Å². The number of fused-ring (bicyclic) bond motifs is 1. The van der Waals surface area contributed by atoms with Gasteiger partial charge in [-0.25, -0.2) is 0 Å². The molecule has 0 N–H and O–H groups in total. The van der Waals surface area contributed by atoms with Gasteiger partial charge in [-0.05, 0) is 41.2 Å². The molecule has 3 rings (SSSR count). The van der Waals surface area contributed by atoms with Gasteiger partial charge < -0.3 is 9.64 Å². The van der Waals surface area contributed by atoms with Crippen LogP contribution in [0, 0.1) is 0 Å². The largest absolute Gasteiger partial charge is 0.484 e. The number of amides is 1. The van der Waals surface area contributed by atoms with Crippen LogP contribution in [0.3, 0.4) is 0 Å². The van der Waals surface area contributed by atoms with E-state index >= 15 is 0 Å². The number of nitrogens with zero attached hydrogens (tertiary/aromatic N) is 1. The van der Waals surface area contributed by atoms with Crippen molar-refractivity contribution in [3.63, 3.8) is 0 Å². The standard InChI is InChI=1S/C20H23NO2/c1-20(2,3)16-8-10-17(11-9-16)23-14-19(22)21-13-12-15-6-4-5-7-18(15)21/h4-11H,12-14H2,1-3H3. The summed E-state index contributed by atoms with van der Waals surface area (Å²) < 4.78 is 5.67. The normalized spacial score (nSPS) is 13.8. The number of ether oxygens (including phenoxy) is 1. The summed E-state index contributed by atoms with van der Waals surface area (Å²) in [5.41, 5.74) is 3.62. The summed E-state index contributed by atoms with van der Waals surface area (Å²) >= 11 is 0. The van der Waals surface area contributed by atoms with Crippen molar-refractivity contribution in [2.24, 2.45) is 0 Å². The molecule has 0 unspecified atom stereocenters. The van der Waals surface area contributed by atoms with E-state index in [9.17, 15) is 4.79 Å². The number of hydrogen-bond donors (Lipinski definition) is 0. The van der Waals surface area contributed by atoms with Crippen LogP contribution >= 0.6 is 0 Å². The molecule has 0 bridgehead atoms. The van der Waals surface area contributed by atoms with E-state index in [1.165, 1.54) is 11.1 Å². The molecule has 3 heteroatoms. The molecule has 120 valence electrons. The number of benzene rings is 2. The van der Waals surface area contributed by atoms with Crippen molar-refractivity contribution in [1.82, 2.24) is 0 Å². The van der Waals surface area contributed by atoms with E-state index < -0.39 is 0 Å². The second kappa shape index (κ2) is 6.07. The highest BCUT2D eigenvalue weighted by Gasteiger charge is 2.24. The molecular formula is C20H23NO2. The summed E-state index contributed by atoms with van der Waals surface area (Å²) in [7, 11) is 0. The molecule has 3 nitrogen and oxygen atoms in total. The van der Waals surface area contributed by atoms with Gasteiger partial charge in [0.25, 0.3) is 5.91 Å². The molecule has 1 amide bonds. The van der Waals surface area contributed by atoms with E-state index in [-0.39, 0.29) is 17.9 Å². The molecule has 0 spiro atoms. The van der Waals surface area contributed by atoms with Crippen molar-refractivity contribution in [3.05, 3.63) is 59.7 Å². The topological polar surface area (TPSA) is 29.5 Å². The van der Waals surface area contributed by atoms with E-state index in [2.05, 4.69) is 39.0 Å². The first-order valence-corrected chi connectivity index (χ1v) is 8.07. The number of carbonyl (C=O) groups excluding carboxylic acids is 1. The molecule has 0 fully saturated rings. The maximum Gasteiger partial charge on any atom is 0.264 e. The van der Waals surface area contributed by atoms with E-state index in [0.717, 1.165) is 24.4 Å². The Morgan fingerprint density at radius 2 is 1.78 bits per heavy atom. The molecule has 2 aromatic rings. The lowest BCUT2D eigenvalue weighted by Crippen LogP contribution is -2.33. The summed E-state index contributed by atoms with van der Waals surface area (Å²) in [5.74, 6) is 0.744. The van der Waals surface area contributed by atoms with Gasteiger partial charge in [0.1, 0.15) is 5.75 Å². The van der Waals surface area contributed by atoms with Gasteiger partial charge in [0.15, 0.2) is 6.61 Å². The predicted molar refractivity (Wildman–Crippen MR) is 93.1 cm³/mol. The third kappa shape index (κ3) is 3.39. The number of hydrogen-bond acceptors (Lipinski definition) is 2. The van der Waals surface area contributed by atoms with Gasteiger partial charge in [-0.3, -0.25) is 4.79 Å². The highest BCUT2D eigenvalue weighted by molar-refractivity contribution is 5.96. The molecule has 23 heavy (non-hydrogen) atoms. The van der Waals surface area contributed by atoms with E-state index in [1.54, 1.807) is 0 Å². The lowest BCUT2D eigenvalue weighted by molar-refractivity contribution is -0.120. The maximum absolute atomic E-state index is 12.4. The fraction of sp³-hybridized carbons (Fsp3) is 0.350. The summed E-state index contributed by atoms with van der Waals surface area (Å²) in [6.07, 6.45) is 0.919. The SMILES string of the molecule is CC(C)(C)c1ccc(OCC(=O)N2CCc3ccccc32)cc1. The summed E-state index contributed by atoms with van der Waals surface area (Å²) in [6, 6.07) is 16.1. The van der Waals surface area contributed by atoms with Gasteiger partial charge >= 0.3 is 0 Å². The smallest absolute Gasteiger partial charge is 0.264 e. The first kappa shape index (κ1) is 15.6. The fourth-order valence-electron chi connectivity index (χ4n) is 2.87. The molecule has 1 aliphatic heterocycles. The Kier molecular flexibility index (Phi) is 4.12. The van der Waals surface area contributed by atoms with Gasteiger partial charge in [0.05, 0.1) is 0 Å². The zero-order valence-corrected chi connectivity index (χ0v) is 14.0. The Morgan fingerprint density at radius 3 is 2.48 bits per heavy atom. The van der Waals surface area contributed by atoms with E-state index in [0.29, 0.717) is 0 Å². The van der Waals surface area contributed by atoms with Crippen LogP contribution < -0.4 is 9.64 Å². The fourth-order valence-corrected chi connectivity index (χ4v) is 2.87. The van der Waals surface area contributed by atoms with Gasteiger partial charge in [-0.2, -0.15) is 0 Å². The first-order chi connectivity index (χ1) is 10.9. The van der Waals surface area contributed by atoms with Crippen molar-refractivity contribution in [2.45, 2.75) is 32.6 Å². The Hall–Kier alpha value is -2.29. The molecule has 0 saturated carbocycles. The molecule has 1 heterocycles. The maximum atomic E-state index is 12.4. The molecule has 0 aliphatic carbocycles. The monoisotopic (exact) mass is 309 g/mol. The first-order valence-electron chi connectivity index (χ1n) is 8.07. The zero-order chi connectivity index (χ0) is 16.4. The molecule has 0 saturated heterocycles. The number of rotatable bonds is 3. The van der Waals surface area contributed by atoms with Crippen LogP contribution in [0.2, 0.25) is 0 Å². The lowest BCUT2D eigenvalue weighted by atomic mass is 9.87. The van der Waals surface area contributed by atoms with Crippen LogP contribution in [-0.2, 0) is 16.6 Å². The Labute approximate surface area is 137 Å². The van der Waals surface area contributed by atoms with Crippen molar-refractivity contribution in [3.8, 4) is 5.75 Å². The highest BCUT2D eigenvalue weighted by Crippen LogP contribution is 2.28. The second-order valence-electron chi connectivity index (χ2n) is 6.99. The average Bonchev–Trinajstić information content (AvgIpc) is 2.96. The van der Waals surface area contributed by atoms with E-state index in [1.807, 2.05) is 35.2 Å². The molecule has 0 atom stereocenters. The predicted octanol–water partition coefficient (Wildman–Crippen LogP) is 3.95. The van der Waals surface area contributed by atoms with Crippen LogP contribution in [0.4, 0.5) is 5.69 Å². The van der Waals surface area contributed by atoms with Crippen LogP contribution in [0.5, 0.6) is 5.75 Å². The van der Waals surface area contributed by atoms with Crippen LogP contribution in [0.25, 0.3) is 0 Å². The zero-order valence-electron chi connectivity index (χ0n) is 14.0. The van der Waals surface area contributed by atoms with Gasteiger partial charge in [0.2, 0.25) is 0 Å². The average molecular weight is 309 g/mol. The molecule has 0 radical (unpaired) electrons. The van der Waals surface area contributed by atoms with Crippen LogP contribution in [0.15, 0.2) is 48.5 Å². The van der Waals surface area contributed by atoms with Crippen LogP contribution in [0.1, 0.15) is 31.9 Å². The van der Waals surface area contributed by atoms with Crippen molar-refractivity contribution in [1.29, 1.82) is 0 Å². The minimum absolute atomic E-state index is 0.00912. The summed E-state index contributed by atoms with van der Waals surface area (Å²) in [6.45, 7) is 7.35. The third-order valence-corrected chi connectivity index (χ3v) is 4.27. The van der Waals surface area contributed by atoms with Gasteiger partial charge in [-0.1, -0.05) is 51.1 Å². The molecule has 1 aliphatic rings. The Morgan fingerprint density at radius 1 is 1.09 bits per heavy atom. The number of para-hydroxylation sites is 1. The molecule has 2 aromatic carbocycles. The minimum atomic E-state index is 0.00912. The second-order valence-corrected chi connectivity index (χ2v) is 6.99.